The van der Waals surface area contributed by atoms with Gasteiger partial charge in [0, 0.05) is 49.6 Å². The van der Waals surface area contributed by atoms with E-state index in [-0.39, 0.29) is 41.5 Å². The molecule has 0 atom stereocenters. The van der Waals surface area contributed by atoms with Gasteiger partial charge in [0.15, 0.2) is 11.5 Å². The Morgan fingerprint density at radius 1 is 1.07 bits per heavy atom. The molecule has 3 aromatic heterocycles. The maximum absolute atomic E-state index is 13.1. The normalized spacial score (nSPS) is 12.1. The number of rotatable bonds is 10. The average Bonchev–Trinajstić information content (AvgIpc) is 3.91. The number of carbonyl (C=O) groups excluding carboxylic acids is 3. The Balaban J connectivity index is 1.41. The highest BCUT2D eigenvalue weighted by Crippen LogP contribution is 2.40. The molecule has 1 aliphatic carbocycles. The molecule has 13 nitrogen and oxygen atoms in total. The number of amides is 3. The lowest BCUT2D eigenvalue weighted by Gasteiger charge is -2.19. The molecule has 5 rings (SSSR count). The van der Waals surface area contributed by atoms with Gasteiger partial charge < -0.3 is 25.6 Å². The van der Waals surface area contributed by atoms with Crippen molar-refractivity contribution in [2.45, 2.75) is 26.3 Å². The number of nitrogens with zero attached hydrogens (tertiary/aromatic N) is 6. The van der Waals surface area contributed by atoms with Gasteiger partial charge in [-0.05, 0) is 49.6 Å². The first kappa shape index (κ1) is 30.6. The summed E-state index contributed by atoms with van der Waals surface area (Å²) in [5, 5.41) is 25.8. The van der Waals surface area contributed by atoms with Gasteiger partial charge in [-0.2, -0.15) is 5.26 Å². The fraction of sp³-hybridized carbons (Fsp3) is 0.250. The summed E-state index contributed by atoms with van der Waals surface area (Å²) in [5.41, 5.74) is 4.50. The number of nitrogens with one attached hydrogen (secondary N) is 3. The van der Waals surface area contributed by atoms with Crippen LogP contribution in [0.4, 0.5) is 17.2 Å². The van der Waals surface area contributed by atoms with Crippen molar-refractivity contribution in [3.8, 4) is 22.9 Å². The lowest BCUT2D eigenvalue weighted by atomic mass is 9.99. The highest BCUT2D eigenvalue weighted by Gasteiger charge is 2.30. The second kappa shape index (κ2) is 13.2. The molecule has 1 aliphatic rings. The molecule has 3 heterocycles. The van der Waals surface area contributed by atoms with Crippen molar-refractivity contribution in [2.75, 3.05) is 31.8 Å². The van der Waals surface area contributed by atoms with Crippen LogP contribution in [-0.4, -0.2) is 64.0 Å². The molecular weight excluding hydrogens is 574 g/mol. The predicted molar refractivity (Wildman–Crippen MR) is 166 cm³/mol. The van der Waals surface area contributed by atoms with Crippen molar-refractivity contribution in [3.05, 3.63) is 83.1 Å². The number of hydrogen-bond donors (Lipinski definition) is 3. The van der Waals surface area contributed by atoms with Crippen LogP contribution in [0, 0.1) is 24.2 Å². The Hall–Kier alpha value is -5.90. The number of benzene rings is 1. The van der Waals surface area contributed by atoms with Gasteiger partial charge in [0.1, 0.15) is 11.4 Å². The summed E-state index contributed by atoms with van der Waals surface area (Å²) < 4.78 is 5.84. The summed E-state index contributed by atoms with van der Waals surface area (Å²) >= 11 is 0. The molecule has 0 bridgehead atoms. The van der Waals surface area contributed by atoms with E-state index < -0.39 is 5.91 Å². The number of aryl methyl sites for hydroxylation is 1. The van der Waals surface area contributed by atoms with E-state index >= 15 is 0 Å². The van der Waals surface area contributed by atoms with Crippen LogP contribution in [0.25, 0.3) is 11.1 Å². The van der Waals surface area contributed by atoms with Crippen molar-refractivity contribution in [3.63, 3.8) is 0 Å². The molecule has 45 heavy (non-hydrogen) atoms. The number of anilines is 3. The lowest BCUT2D eigenvalue weighted by molar-refractivity contribution is -0.117. The fourth-order valence-corrected chi connectivity index (χ4v) is 4.72. The lowest BCUT2D eigenvalue weighted by Crippen LogP contribution is -2.27. The number of carbonyl (C=O) groups is 3. The highest BCUT2D eigenvalue weighted by molar-refractivity contribution is 6.00. The van der Waals surface area contributed by atoms with Crippen LogP contribution in [-0.2, 0) is 11.3 Å². The van der Waals surface area contributed by atoms with Crippen molar-refractivity contribution >= 4 is 34.9 Å². The SMILES string of the molecule is CNC(=O)c1nnc(NC(=O)C2CC2)cc1Nc1ccc(C)c(-c2ccc(C(=O)N(C)Cc3cc(C#N)ccn3)nc2)c1OC. The zero-order chi connectivity index (χ0) is 32.1. The minimum Gasteiger partial charge on any atom is -0.494 e. The molecule has 1 fully saturated rings. The molecule has 1 saturated carbocycles. The number of hydrogen-bond acceptors (Lipinski definition) is 10. The van der Waals surface area contributed by atoms with E-state index in [9.17, 15) is 14.4 Å². The molecule has 1 aromatic carbocycles. The van der Waals surface area contributed by atoms with Gasteiger partial charge in [0.2, 0.25) is 5.91 Å². The zero-order valence-corrected chi connectivity index (χ0v) is 25.2. The topological polar surface area (TPSA) is 175 Å². The summed E-state index contributed by atoms with van der Waals surface area (Å²) in [6.07, 6.45) is 4.80. The standard InChI is InChI=1S/C32H31N9O4/c1-18-5-9-23(37-25-14-26(38-30(42)20-6-7-20)39-40-28(25)31(43)34-2)29(45-4)27(18)21-8-10-24(36-16-21)32(44)41(3)17-22-13-19(15-33)11-12-35-22/h5,8-14,16,20H,6-7,17H2,1-4H3,(H,34,43)(H2,37,38,39,42). The number of aromatic nitrogens is 4. The van der Waals surface area contributed by atoms with Gasteiger partial charge in [-0.1, -0.05) is 12.1 Å². The predicted octanol–water partition coefficient (Wildman–Crippen LogP) is 3.85. The van der Waals surface area contributed by atoms with Crippen LogP contribution in [0.5, 0.6) is 5.75 Å². The van der Waals surface area contributed by atoms with Gasteiger partial charge in [0.05, 0.1) is 42.4 Å². The number of ether oxygens (including phenoxy) is 1. The second-order valence-corrected chi connectivity index (χ2v) is 10.5. The first-order valence-corrected chi connectivity index (χ1v) is 14.1. The third kappa shape index (κ3) is 6.86. The van der Waals surface area contributed by atoms with Crippen LogP contribution < -0.4 is 20.7 Å². The maximum atomic E-state index is 13.1. The quantitative estimate of drug-likeness (QED) is 0.241. The first-order valence-electron chi connectivity index (χ1n) is 14.1. The Kier molecular flexibility index (Phi) is 8.94. The first-order chi connectivity index (χ1) is 21.7. The van der Waals surface area contributed by atoms with Crippen LogP contribution in [0.1, 0.15) is 50.6 Å². The van der Waals surface area contributed by atoms with E-state index in [1.807, 2.05) is 19.1 Å². The smallest absolute Gasteiger partial charge is 0.273 e. The molecule has 4 aromatic rings. The Bertz CT molecular complexity index is 1810. The summed E-state index contributed by atoms with van der Waals surface area (Å²) in [6, 6.07) is 14.0. The molecular formula is C32H31N9O4. The van der Waals surface area contributed by atoms with E-state index in [0.717, 1.165) is 24.0 Å². The van der Waals surface area contributed by atoms with E-state index in [4.69, 9.17) is 10.00 Å². The molecule has 0 unspecified atom stereocenters. The van der Waals surface area contributed by atoms with Gasteiger partial charge in [-0.15, -0.1) is 10.2 Å². The molecule has 3 amide bonds. The highest BCUT2D eigenvalue weighted by atomic mass is 16.5. The minimum absolute atomic E-state index is 0.0317. The van der Waals surface area contributed by atoms with Gasteiger partial charge in [-0.3, -0.25) is 24.4 Å². The summed E-state index contributed by atoms with van der Waals surface area (Å²) in [7, 11) is 4.67. The molecule has 0 aliphatic heterocycles. The zero-order valence-electron chi connectivity index (χ0n) is 25.2. The molecule has 228 valence electrons. The Morgan fingerprint density at radius 3 is 2.53 bits per heavy atom. The van der Waals surface area contributed by atoms with Crippen molar-refractivity contribution in [2.24, 2.45) is 5.92 Å². The van der Waals surface area contributed by atoms with Gasteiger partial charge in [-0.25, -0.2) is 0 Å². The van der Waals surface area contributed by atoms with E-state index in [1.165, 1.54) is 25.3 Å². The van der Waals surface area contributed by atoms with Crippen LogP contribution in [0.15, 0.2) is 54.9 Å². The van der Waals surface area contributed by atoms with E-state index in [2.05, 4.69) is 42.2 Å². The van der Waals surface area contributed by atoms with E-state index in [1.54, 1.807) is 43.6 Å². The summed E-state index contributed by atoms with van der Waals surface area (Å²) in [4.78, 5) is 48.2. The molecule has 3 N–H and O–H groups in total. The third-order valence-electron chi connectivity index (χ3n) is 7.24. The molecule has 13 heteroatoms. The van der Waals surface area contributed by atoms with Crippen LogP contribution in [0.2, 0.25) is 0 Å². The summed E-state index contributed by atoms with van der Waals surface area (Å²) in [6.45, 7) is 2.14. The average molecular weight is 606 g/mol. The van der Waals surface area contributed by atoms with Crippen molar-refractivity contribution < 1.29 is 19.1 Å². The van der Waals surface area contributed by atoms with Crippen LogP contribution in [0.3, 0.4) is 0 Å². The minimum atomic E-state index is -0.459. The van der Waals surface area contributed by atoms with E-state index in [0.29, 0.717) is 33.9 Å². The van der Waals surface area contributed by atoms with Gasteiger partial charge >= 0.3 is 0 Å². The molecule has 0 saturated heterocycles. The number of methoxy groups -OCH3 is 1. The van der Waals surface area contributed by atoms with Gasteiger partial charge in [0.25, 0.3) is 11.8 Å². The molecule has 0 spiro atoms. The van der Waals surface area contributed by atoms with Crippen LogP contribution >= 0.6 is 0 Å². The third-order valence-corrected chi connectivity index (χ3v) is 7.24. The Morgan fingerprint density at radius 2 is 1.87 bits per heavy atom. The summed E-state index contributed by atoms with van der Waals surface area (Å²) in [5.74, 6) is -0.240. The fourth-order valence-electron chi connectivity index (χ4n) is 4.72. The Labute approximate surface area is 259 Å². The number of pyridine rings is 2. The maximum Gasteiger partial charge on any atom is 0.273 e. The molecule has 0 radical (unpaired) electrons. The second-order valence-electron chi connectivity index (χ2n) is 10.5. The van der Waals surface area contributed by atoms with Crippen molar-refractivity contribution in [1.82, 2.24) is 30.4 Å². The largest absolute Gasteiger partial charge is 0.494 e. The van der Waals surface area contributed by atoms with Crippen molar-refractivity contribution in [1.29, 1.82) is 5.26 Å². The monoisotopic (exact) mass is 605 g/mol. The number of nitriles is 1.